The molecule has 6 heteroatoms. The monoisotopic (exact) mass is 385 g/mol. The summed E-state index contributed by atoms with van der Waals surface area (Å²) in [5, 5.41) is 0. The van der Waals surface area contributed by atoms with E-state index in [0.29, 0.717) is 44.2 Å². The Morgan fingerprint density at radius 2 is 1.89 bits per heavy atom. The molecule has 0 spiro atoms. The molecule has 28 heavy (non-hydrogen) atoms. The van der Waals surface area contributed by atoms with Crippen LogP contribution < -0.4 is 9.47 Å². The number of likely N-dealkylation sites (tertiary alicyclic amines) is 1. The smallest absolute Gasteiger partial charge is 0.257 e. The van der Waals surface area contributed by atoms with E-state index in [1.807, 2.05) is 38.1 Å². The van der Waals surface area contributed by atoms with Crippen molar-refractivity contribution in [1.29, 1.82) is 0 Å². The summed E-state index contributed by atoms with van der Waals surface area (Å²) < 4.78 is 27.0. The molecule has 0 amide bonds. The van der Waals surface area contributed by atoms with Gasteiger partial charge in [-0.25, -0.2) is 9.37 Å². The lowest BCUT2D eigenvalue weighted by atomic mass is 9.87. The van der Waals surface area contributed by atoms with Gasteiger partial charge in [0.05, 0.1) is 5.69 Å². The van der Waals surface area contributed by atoms with Gasteiger partial charge in [-0.1, -0.05) is 0 Å². The largest absolute Gasteiger partial charge is 0.484 e. The zero-order chi connectivity index (χ0) is 19.7. The number of halogens is 1. The molecule has 5 nitrogen and oxygen atoms in total. The third-order valence-electron chi connectivity index (χ3n) is 5.62. The van der Waals surface area contributed by atoms with Crippen LogP contribution in [0.25, 0.3) is 0 Å². The Kier molecular flexibility index (Phi) is 5.23. The molecule has 0 saturated carbocycles. The van der Waals surface area contributed by atoms with E-state index in [4.69, 9.17) is 9.47 Å². The number of alkyl halides is 1. The van der Waals surface area contributed by atoms with Crippen LogP contribution in [0.2, 0.25) is 0 Å². The van der Waals surface area contributed by atoms with Gasteiger partial charge in [-0.15, -0.1) is 0 Å². The summed E-state index contributed by atoms with van der Waals surface area (Å²) in [7, 11) is 0. The molecule has 0 N–H and O–H groups in total. The Hall–Kier alpha value is -2.21. The maximum atomic E-state index is 15.8. The van der Waals surface area contributed by atoms with Crippen LogP contribution in [0.4, 0.5) is 4.39 Å². The molecule has 0 radical (unpaired) electrons. The van der Waals surface area contributed by atoms with E-state index in [-0.39, 0.29) is 6.04 Å². The van der Waals surface area contributed by atoms with Crippen molar-refractivity contribution in [2.75, 3.05) is 26.3 Å². The number of aryl methyl sites for hydroxylation is 2. The Bertz CT molecular complexity index is 839. The number of ether oxygens (including phenoxy) is 2. The maximum absolute atomic E-state index is 15.8. The third-order valence-corrected chi connectivity index (χ3v) is 5.62. The highest BCUT2D eigenvalue weighted by atomic mass is 19.1. The third kappa shape index (κ3) is 4.12. The maximum Gasteiger partial charge on any atom is 0.257 e. The van der Waals surface area contributed by atoms with Crippen molar-refractivity contribution in [2.45, 2.75) is 51.7 Å². The fourth-order valence-corrected chi connectivity index (χ4v) is 4.35. The number of piperidine rings is 1. The lowest BCUT2D eigenvalue weighted by molar-refractivity contribution is 0.0246. The van der Waals surface area contributed by atoms with Crippen LogP contribution in [0.3, 0.4) is 0 Å². The Labute approximate surface area is 165 Å². The number of rotatable bonds is 4. The summed E-state index contributed by atoms with van der Waals surface area (Å²) in [4.78, 5) is 11.2. The molecule has 4 rings (SSSR count). The zero-order valence-corrected chi connectivity index (χ0v) is 16.9. The van der Waals surface area contributed by atoms with Crippen LogP contribution in [0, 0.1) is 13.8 Å². The highest BCUT2D eigenvalue weighted by Crippen LogP contribution is 2.35. The van der Waals surface area contributed by atoms with E-state index in [1.165, 1.54) is 0 Å². The number of hydrogen-bond acceptors (Lipinski definition) is 5. The van der Waals surface area contributed by atoms with Crippen molar-refractivity contribution in [1.82, 2.24) is 14.9 Å². The van der Waals surface area contributed by atoms with E-state index in [2.05, 4.69) is 21.8 Å². The van der Waals surface area contributed by atoms with E-state index >= 15 is 4.39 Å². The van der Waals surface area contributed by atoms with Gasteiger partial charge in [0, 0.05) is 30.4 Å². The summed E-state index contributed by atoms with van der Waals surface area (Å²) in [6.07, 6.45) is 1.86. The molecule has 2 aromatic rings. The van der Waals surface area contributed by atoms with Crippen LogP contribution >= 0.6 is 0 Å². The average molecular weight is 385 g/mol. The number of fused-ring (bicyclic) bond motifs is 1. The molecule has 0 aromatic carbocycles. The summed E-state index contributed by atoms with van der Waals surface area (Å²) in [6, 6.07) is 7.88. The van der Waals surface area contributed by atoms with Gasteiger partial charge in [0.15, 0.2) is 5.75 Å². The second-order valence-corrected chi connectivity index (χ2v) is 8.07. The molecule has 0 aliphatic carbocycles. The fourth-order valence-electron chi connectivity index (χ4n) is 4.35. The zero-order valence-electron chi connectivity index (χ0n) is 16.9. The molecule has 1 saturated heterocycles. The molecular weight excluding hydrogens is 357 g/mol. The summed E-state index contributed by atoms with van der Waals surface area (Å²) in [6.45, 7) is 8.36. The number of aromatic nitrogens is 2. The quantitative estimate of drug-likeness (QED) is 0.797. The predicted molar refractivity (Wildman–Crippen MR) is 106 cm³/mol. The molecule has 2 aliphatic rings. The summed E-state index contributed by atoms with van der Waals surface area (Å²) in [5.74, 6) is 1.23. The lowest BCUT2D eigenvalue weighted by Crippen LogP contribution is -2.47. The van der Waals surface area contributed by atoms with E-state index in [1.54, 1.807) is 0 Å². The van der Waals surface area contributed by atoms with E-state index < -0.39 is 5.67 Å². The van der Waals surface area contributed by atoms with Crippen LogP contribution in [0.5, 0.6) is 11.6 Å². The fraction of sp³-hybridized carbons (Fsp3) is 0.545. The second-order valence-electron chi connectivity index (χ2n) is 8.07. The topological polar surface area (TPSA) is 47.5 Å². The molecule has 2 atom stereocenters. The van der Waals surface area contributed by atoms with Crippen molar-refractivity contribution in [3.63, 3.8) is 0 Å². The molecular formula is C22H28FN3O2. The number of pyridine rings is 2. The van der Waals surface area contributed by atoms with E-state index in [0.717, 1.165) is 35.6 Å². The highest BCUT2D eigenvalue weighted by molar-refractivity contribution is 5.36. The second kappa shape index (κ2) is 7.66. The van der Waals surface area contributed by atoms with Gasteiger partial charge in [-0.3, -0.25) is 9.88 Å². The average Bonchev–Trinajstić information content (AvgIpc) is 2.66. The van der Waals surface area contributed by atoms with Crippen molar-refractivity contribution in [2.24, 2.45) is 0 Å². The van der Waals surface area contributed by atoms with Crippen molar-refractivity contribution in [3.8, 4) is 11.6 Å². The van der Waals surface area contributed by atoms with Gasteiger partial charge in [0.1, 0.15) is 18.9 Å². The van der Waals surface area contributed by atoms with Crippen LogP contribution in [0.15, 0.2) is 24.3 Å². The van der Waals surface area contributed by atoms with Crippen LogP contribution in [-0.2, 0) is 6.42 Å². The minimum absolute atomic E-state index is 0.0205. The SMILES string of the molecule is Cc1cc(CC2(F)CCCN(C(C)c3ccc4c(n3)OCCO4)C2)cc(C)n1. The first-order valence-electron chi connectivity index (χ1n) is 10.1. The highest BCUT2D eigenvalue weighted by Gasteiger charge is 2.38. The predicted octanol–water partition coefficient (Wildman–Crippen LogP) is 3.97. The lowest BCUT2D eigenvalue weighted by Gasteiger charge is -2.40. The molecule has 4 heterocycles. The molecule has 2 aromatic heterocycles. The Morgan fingerprint density at radius 3 is 2.68 bits per heavy atom. The molecule has 150 valence electrons. The number of nitrogens with zero attached hydrogens (tertiary/aromatic N) is 3. The van der Waals surface area contributed by atoms with Crippen molar-refractivity contribution >= 4 is 0 Å². The Balaban J connectivity index is 1.49. The van der Waals surface area contributed by atoms with Crippen molar-refractivity contribution in [3.05, 3.63) is 46.9 Å². The summed E-state index contributed by atoms with van der Waals surface area (Å²) in [5.41, 5.74) is 2.57. The van der Waals surface area contributed by atoms with Gasteiger partial charge in [-0.2, -0.15) is 0 Å². The Morgan fingerprint density at radius 1 is 1.14 bits per heavy atom. The van der Waals surface area contributed by atoms with Crippen LogP contribution in [-0.4, -0.2) is 46.8 Å². The summed E-state index contributed by atoms with van der Waals surface area (Å²) >= 11 is 0. The first kappa shape index (κ1) is 19.1. The molecule has 1 fully saturated rings. The molecule has 2 unspecified atom stereocenters. The molecule has 0 bridgehead atoms. The van der Waals surface area contributed by atoms with Crippen molar-refractivity contribution < 1.29 is 13.9 Å². The number of hydrogen-bond donors (Lipinski definition) is 0. The normalized spacial score (nSPS) is 23.4. The van der Waals surface area contributed by atoms with Gasteiger partial charge in [0.25, 0.3) is 5.88 Å². The molecule has 2 aliphatic heterocycles. The van der Waals surface area contributed by atoms with Crippen LogP contribution in [0.1, 0.15) is 48.5 Å². The first-order valence-corrected chi connectivity index (χ1v) is 10.1. The van der Waals surface area contributed by atoms with Gasteiger partial charge in [0.2, 0.25) is 0 Å². The minimum atomic E-state index is -1.24. The van der Waals surface area contributed by atoms with Gasteiger partial charge >= 0.3 is 0 Å². The minimum Gasteiger partial charge on any atom is -0.484 e. The van der Waals surface area contributed by atoms with Gasteiger partial charge < -0.3 is 9.47 Å². The first-order chi connectivity index (χ1) is 13.4. The standard InChI is InChI=1S/C22H28FN3O2/c1-15-11-18(12-16(2)24-15)13-22(23)7-4-8-26(14-22)17(3)19-5-6-20-21(25-19)28-10-9-27-20/h5-6,11-12,17H,4,7-10,13-14H2,1-3H3. The van der Waals surface area contributed by atoms with E-state index in [9.17, 15) is 0 Å². The van der Waals surface area contributed by atoms with Gasteiger partial charge in [-0.05, 0) is 70.0 Å².